The first-order valence-corrected chi connectivity index (χ1v) is 13.2. The number of likely N-dealkylation sites (tertiary alicyclic amines) is 1. The van der Waals surface area contributed by atoms with Crippen molar-refractivity contribution in [3.05, 3.63) is 44.3 Å². The number of nitrogens with zero attached hydrogens (tertiary/aromatic N) is 2. The SMILES string of the molecule is O=C(CN1C(=O)SC(=C2CCN(C(=O)c3cc(Cl)ccc3Cl)CC2)C1=O)NCCC1CCCC1. The average Bonchev–Trinajstić information content (AvgIpc) is 3.44. The molecule has 2 saturated heterocycles. The van der Waals surface area contributed by atoms with E-state index in [-0.39, 0.29) is 18.4 Å². The van der Waals surface area contributed by atoms with Crippen molar-refractivity contribution in [2.45, 2.75) is 44.9 Å². The van der Waals surface area contributed by atoms with Crippen LogP contribution in [0.3, 0.4) is 0 Å². The number of rotatable bonds is 6. The minimum absolute atomic E-state index is 0.214. The fourth-order valence-electron chi connectivity index (χ4n) is 4.70. The van der Waals surface area contributed by atoms with E-state index in [1.54, 1.807) is 23.1 Å². The molecule has 1 saturated carbocycles. The summed E-state index contributed by atoms with van der Waals surface area (Å²) in [5.74, 6) is -0.289. The maximum absolute atomic E-state index is 12.9. The first-order valence-electron chi connectivity index (χ1n) is 11.6. The topological polar surface area (TPSA) is 86.8 Å². The zero-order chi connectivity index (χ0) is 24.2. The Labute approximate surface area is 213 Å². The van der Waals surface area contributed by atoms with E-state index in [1.165, 1.54) is 25.7 Å². The monoisotopic (exact) mass is 523 g/mol. The smallest absolute Gasteiger partial charge is 0.294 e. The lowest BCUT2D eigenvalue weighted by molar-refractivity contribution is -0.129. The van der Waals surface area contributed by atoms with Crippen LogP contribution in [0.2, 0.25) is 10.0 Å². The number of halogens is 2. The quantitative estimate of drug-likeness (QED) is 0.537. The largest absolute Gasteiger partial charge is 0.355 e. The standard InChI is InChI=1S/C24H27Cl2N3O4S/c25-17-5-6-19(26)18(13-17)22(31)28-11-8-16(9-12-28)21-23(32)29(24(33)34-21)14-20(30)27-10-7-15-3-1-2-4-15/h5-6,13,15H,1-4,7-12,14H2,(H,27,30). The van der Waals surface area contributed by atoms with E-state index in [0.717, 1.165) is 28.7 Å². The summed E-state index contributed by atoms with van der Waals surface area (Å²) in [7, 11) is 0. The van der Waals surface area contributed by atoms with Crippen LogP contribution in [0.5, 0.6) is 0 Å². The zero-order valence-electron chi connectivity index (χ0n) is 18.8. The van der Waals surface area contributed by atoms with Crippen LogP contribution in [0.15, 0.2) is 28.7 Å². The lowest BCUT2D eigenvalue weighted by atomic mass is 10.0. The number of carbonyl (C=O) groups is 4. The molecule has 0 unspecified atom stereocenters. The summed E-state index contributed by atoms with van der Waals surface area (Å²) in [6.45, 7) is 1.12. The van der Waals surface area contributed by atoms with Crippen LogP contribution >= 0.6 is 35.0 Å². The molecule has 0 radical (unpaired) electrons. The van der Waals surface area contributed by atoms with E-state index in [4.69, 9.17) is 23.2 Å². The lowest BCUT2D eigenvalue weighted by Gasteiger charge is -2.29. The number of thioether (sulfide) groups is 1. The highest BCUT2D eigenvalue weighted by atomic mass is 35.5. The van der Waals surface area contributed by atoms with Crippen molar-refractivity contribution in [2.75, 3.05) is 26.2 Å². The Morgan fingerprint density at radius 3 is 2.50 bits per heavy atom. The highest BCUT2D eigenvalue weighted by Crippen LogP contribution is 2.36. The second kappa shape index (κ2) is 11.1. The summed E-state index contributed by atoms with van der Waals surface area (Å²) in [6.07, 6.45) is 6.82. The van der Waals surface area contributed by atoms with Gasteiger partial charge < -0.3 is 10.2 Å². The molecular weight excluding hydrogens is 497 g/mol. The van der Waals surface area contributed by atoms with Crippen LogP contribution in [-0.4, -0.2) is 58.9 Å². The number of piperidine rings is 1. The molecule has 1 N–H and O–H groups in total. The molecule has 7 nitrogen and oxygen atoms in total. The highest BCUT2D eigenvalue weighted by Gasteiger charge is 2.39. The summed E-state index contributed by atoms with van der Waals surface area (Å²) in [5.41, 5.74) is 1.19. The Morgan fingerprint density at radius 2 is 1.79 bits per heavy atom. The van der Waals surface area contributed by atoms with Crippen molar-refractivity contribution >= 4 is 57.9 Å². The summed E-state index contributed by atoms with van der Waals surface area (Å²) in [4.78, 5) is 53.6. The second-order valence-corrected chi connectivity index (χ2v) is 10.7. The molecule has 2 heterocycles. The summed E-state index contributed by atoms with van der Waals surface area (Å²) in [6, 6.07) is 4.76. The van der Waals surface area contributed by atoms with Crippen molar-refractivity contribution in [3.63, 3.8) is 0 Å². The molecule has 182 valence electrons. The molecule has 0 bridgehead atoms. The molecule has 1 aliphatic carbocycles. The normalized spacial score (nSPS) is 19.4. The van der Waals surface area contributed by atoms with E-state index in [0.29, 0.717) is 58.9 Å². The van der Waals surface area contributed by atoms with Gasteiger partial charge in [0.05, 0.1) is 15.5 Å². The van der Waals surface area contributed by atoms with Gasteiger partial charge in [-0.05, 0) is 60.7 Å². The van der Waals surface area contributed by atoms with Gasteiger partial charge in [-0.2, -0.15) is 0 Å². The van der Waals surface area contributed by atoms with Crippen molar-refractivity contribution < 1.29 is 19.2 Å². The Morgan fingerprint density at radius 1 is 1.09 bits per heavy atom. The molecule has 3 aliphatic rings. The van der Waals surface area contributed by atoms with Gasteiger partial charge in [-0.15, -0.1) is 0 Å². The van der Waals surface area contributed by atoms with Crippen molar-refractivity contribution in [2.24, 2.45) is 5.92 Å². The van der Waals surface area contributed by atoms with Crippen LogP contribution in [0.1, 0.15) is 55.3 Å². The molecule has 10 heteroatoms. The Hall–Kier alpha value is -2.03. The van der Waals surface area contributed by atoms with Crippen molar-refractivity contribution in [1.29, 1.82) is 0 Å². The summed E-state index contributed by atoms with van der Waals surface area (Å²) >= 11 is 13.0. The number of amides is 4. The van der Waals surface area contributed by atoms with Crippen molar-refractivity contribution in [1.82, 2.24) is 15.1 Å². The third-order valence-electron chi connectivity index (χ3n) is 6.63. The molecule has 34 heavy (non-hydrogen) atoms. The third kappa shape index (κ3) is 5.78. The first-order chi connectivity index (χ1) is 16.3. The molecule has 3 fully saturated rings. The fraction of sp³-hybridized carbons (Fsp3) is 0.500. The highest BCUT2D eigenvalue weighted by molar-refractivity contribution is 8.18. The van der Waals surface area contributed by atoms with Gasteiger partial charge in [0.25, 0.3) is 17.1 Å². The number of carbonyl (C=O) groups excluding carboxylic acids is 4. The molecule has 0 atom stereocenters. The molecular formula is C24H27Cl2N3O4S. The van der Waals surface area contributed by atoms with Crippen LogP contribution < -0.4 is 5.32 Å². The van der Waals surface area contributed by atoms with Gasteiger partial charge in [0.1, 0.15) is 6.54 Å². The molecule has 2 aliphatic heterocycles. The number of imide groups is 1. The minimum Gasteiger partial charge on any atom is -0.355 e. The van der Waals surface area contributed by atoms with E-state index >= 15 is 0 Å². The molecule has 4 amide bonds. The van der Waals surface area contributed by atoms with E-state index < -0.39 is 11.1 Å². The Kier molecular flexibility index (Phi) is 8.22. The van der Waals surface area contributed by atoms with Crippen molar-refractivity contribution in [3.8, 4) is 0 Å². The van der Waals surface area contributed by atoms with Gasteiger partial charge in [-0.25, -0.2) is 0 Å². The minimum atomic E-state index is -0.428. The predicted molar refractivity (Wildman–Crippen MR) is 133 cm³/mol. The van der Waals surface area contributed by atoms with E-state index in [1.807, 2.05) is 0 Å². The van der Waals surface area contributed by atoms with Crippen LogP contribution in [-0.2, 0) is 9.59 Å². The van der Waals surface area contributed by atoms with Gasteiger partial charge in [0.2, 0.25) is 5.91 Å². The Bertz CT molecular complexity index is 1030. The lowest BCUT2D eigenvalue weighted by Crippen LogP contribution is -2.40. The molecule has 1 aromatic carbocycles. The maximum atomic E-state index is 12.9. The van der Waals surface area contributed by atoms with Gasteiger partial charge in [0, 0.05) is 24.7 Å². The first kappa shape index (κ1) is 25.1. The molecule has 0 aromatic heterocycles. The predicted octanol–water partition coefficient (Wildman–Crippen LogP) is 4.88. The maximum Gasteiger partial charge on any atom is 0.294 e. The average molecular weight is 524 g/mol. The van der Waals surface area contributed by atoms with Crippen LogP contribution in [0, 0.1) is 5.92 Å². The van der Waals surface area contributed by atoms with E-state index in [9.17, 15) is 19.2 Å². The van der Waals surface area contributed by atoms with Gasteiger partial charge in [-0.1, -0.05) is 48.9 Å². The number of nitrogens with one attached hydrogen (secondary N) is 1. The van der Waals surface area contributed by atoms with Gasteiger partial charge in [0.15, 0.2) is 0 Å². The second-order valence-electron chi connectivity index (χ2n) is 8.90. The van der Waals surface area contributed by atoms with Crippen LogP contribution in [0.25, 0.3) is 0 Å². The van der Waals surface area contributed by atoms with Crippen LogP contribution in [0.4, 0.5) is 4.79 Å². The molecule has 1 aromatic rings. The summed E-state index contributed by atoms with van der Waals surface area (Å²) in [5, 5.41) is 3.18. The Balaban J connectivity index is 1.31. The summed E-state index contributed by atoms with van der Waals surface area (Å²) < 4.78 is 0. The molecule has 4 rings (SSSR count). The van der Waals surface area contributed by atoms with Gasteiger partial charge >= 0.3 is 0 Å². The van der Waals surface area contributed by atoms with Gasteiger partial charge in [-0.3, -0.25) is 24.1 Å². The number of hydrogen-bond acceptors (Lipinski definition) is 5. The number of benzene rings is 1. The fourth-order valence-corrected chi connectivity index (χ4v) is 6.05. The third-order valence-corrected chi connectivity index (χ3v) is 8.26. The van der Waals surface area contributed by atoms with E-state index in [2.05, 4.69) is 5.32 Å². The molecule has 0 spiro atoms. The number of hydrogen-bond donors (Lipinski definition) is 1. The zero-order valence-corrected chi connectivity index (χ0v) is 21.1.